The van der Waals surface area contributed by atoms with E-state index in [0.29, 0.717) is 0 Å². The van der Waals surface area contributed by atoms with E-state index in [1.807, 2.05) is 24.4 Å². The molecule has 0 amide bonds. The fourth-order valence-corrected chi connectivity index (χ4v) is 4.98. The van der Waals surface area contributed by atoms with Crippen LogP contribution in [0.25, 0.3) is 60.8 Å². The van der Waals surface area contributed by atoms with E-state index < -0.39 is 0 Å². The first-order valence-corrected chi connectivity index (χ1v) is 11.4. The van der Waals surface area contributed by atoms with Gasteiger partial charge in [0.05, 0.1) is 28.4 Å². The number of aromatic nitrogens is 2. The summed E-state index contributed by atoms with van der Waals surface area (Å²) in [6.07, 6.45) is 3.61. The number of benzene rings is 4. The number of rotatable bonds is 3. The molecule has 0 radical (unpaired) electrons. The van der Waals surface area contributed by atoms with Crippen LogP contribution < -0.4 is 0 Å². The SMILES string of the molecule is c1ccc(-c2cc(-c3ccccn3)cc(-n3c4ccccc4c4c5occc5ccc43)c2)cc1. The summed E-state index contributed by atoms with van der Waals surface area (Å²) < 4.78 is 8.29. The minimum atomic E-state index is 0.927. The van der Waals surface area contributed by atoms with Crippen LogP contribution in [0.15, 0.2) is 126 Å². The van der Waals surface area contributed by atoms with Crippen molar-refractivity contribution in [2.45, 2.75) is 0 Å². The largest absolute Gasteiger partial charge is 0.464 e. The van der Waals surface area contributed by atoms with Gasteiger partial charge in [0.1, 0.15) is 5.58 Å². The summed E-state index contributed by atoms with van der Waals surface area (Å²) in [6.45, 7) is 0. The molecule has 3 nitrogen and oxygen atoms in total. The Morgan fingerprint density at radius 1 is 0.618 bits per heavy atom. The molecule has 0 aliphatic carbocycles. The zero-order chi connectivity index (χ0) is 22.5. The van der Waals surface area contributed by atoms with Crippen LogP contribution in [0, 0.1) is 0 Å². The van der Waals surface area contributed by atoms with Crippen LogP contribution in [-0.4, -0.2) is 9.55 Å². The maximum absolute atomic E-state index is 5.95. The van der Waals surface area contributed by atoms with Crippen molar-refractivity contribution in [3.05, 3.63) is 122 Å². The maximum Gasteiger partial charge on any atom is 0.143 e. The molecule has 7 rings (SSSR count). The summed E-state index contributed by atoms with van der Waals surface area (Å²) in [5, 5.41) is 3.44. The molecule has 3 heterocycles. The molecule has 0 aliphatic heterocycles. The van der Waals surface area contributed by atoms with Crippen molar-refractivity contribution in [1.82, 2.24) is 9.55 Å². The Morgan fingerprint density at radius 2 is 1.44 bits per heavy atom. The number of furan rings is 1. The lowest BCUT2D eigenvalue weighted by Gasteiger charge is -2.13. The molecule has 0 spiro atoms. The predicted octanol–water partition coefficient (Wildman–Crippen LogP) is 8.26. The normalized spacial score (nSPS) is 11.5. The molecule has 0 unspecified atom stereocenters. The van der Waals surface area contributed by atoms with Gasteiger partial charge >= 0.3 is 0 Å². The Labute approximate surface area is 196 Å². The zero-order valence-electron chi connectivity index (χ0n) is 18.3. The van der Waals surface area contributed by atoms with Crippen LogP contribution in [0.4, 0.5) is 0 Å². The van der Waals surface area contributed by atoms with E-state index in [1.165, 1.54) is 10.9 Å². The lowest BCUT2D eigenvalue weighted by molar-refractivity contribution is 0.619. The van der Waals surface area contributed by atoms with E-state index in [1.54, 1.807) is 6.26 Å². The fraction of sp³-hybridized carbons (Fsp3) is 0. The second-order valence-electron chi connectivity index (χ2n) is 8.50. The van der Waals surface area contributed by atoms with Crippen molar-refractivity contribution in [1.29, 1.82) is 0 Å². The van der Waals surface area contributed by atoms with Crippen LogP contribution in [-0.2, 0) is 0 Å². The van der Waals surface area contributed by atoms with Crippen molar-refractivity contribution in [2.75, 3.05) is 0 Å². The van der Waals surface area contributed by atoms with Crippen molar-refractivity contribution < 1.29 is 4.42 Å². The fourth-order valence-electron chi connectivity index (χ4n) is 4.98. The molecule has 3 heteroatoms. The predicted molar refractivity (Wildman–Crippen MR) is 139 cm³/mol. The summed E-state index contributed by atoms with van der Waals surface area (Å²) in [5.41, 5.74) is 8.67. The Kier molecular flexibility index (Phi) is 4.15. The van der Waals surface area contributed by atoms with Crippen LogP contribution in [0.1, 0.15) is 0 Å². The van der Waals surface area contributed by atoms with Gasteiger partial charge in [-0.3, -0.25) is 4.98 Å². The van der Waals surface area contributed by atoms with E-state index in [-0.39, 0.29) is 0 Å². The standard InChI is InChI=1S/C31H20N2O/c1-2-8-21(9-3-1)23-18-24(27-11-6-7-16-32-27)20-25(19-23)33-28-12-5-4-10-26(28)30-29(33)14-13-22-15-17-34-31(22)30/h1-20H. The average molecular weight is 437 g/mol. The highest BCUT2D eigenvalue weighted by Gasteiger charge is 2.17. The summed E-state index contributed by atoms with van der Waals surface area (Å²) in [6, 6.07) is 38.2. The van der Waals surface area contributed by atoms with Crippen molar-refractivity contribution in [3.8, 4) is 28.1 Å². The Bertz CT molecular complexity index is 1740. The highest BCUT2D eigenvalue weighted by atomic mass is 16.3. The Balaban J connectivity index is 1.59. The van der Waals surface area contributed by atoms with Crippen molar-refractivity contribution in [3.63, 3.8) is 0 Å². The third-order valence-electron chi connectivity index (χ3n) is 6.50. The smallest absolute Gasteiger partial charge is 0.143 e. The molecule has 0 N–H and O–H groups in total. The van der Waals surface area contributed by atoms with E-state index in [0.717, 1.165) is 49.9 Å². The zero-order valence-corrected chi connectivity index (χ0v) is 18.3. The molecular formula is C31H20N2O. The molecule has 0 fully saturated rings. The number of hydrogen-bond acceptors (Lipinski definition) is 2. The van der Waals surface area contributed by atoms with Gasteiger partial charge in [0.2, 0.25) is 0 Å². The van der Waals surface area contributed by atoms with Gasteiger partial charge in [-0.25, -0.2) is 0 Å². The Hall–Kier alpha value is -4.63. The van der Waals surface area contributed by atoms with Crippen LogP contribution in [0.5, 0.6) is 0 Å². The summed E-state index contributed by atoms with van der Waals surface area (Å²) >= 11 is 0. The molecule has 160 valence electrons. The molecule has 0 atom stereocenters. The Morgan fingerprint density at radius 3 is 2.32 bits per heavy atom. The molecule has 0 bridgehead atoms. The number of pyridine rings is 1. The quantitative estimate of drug-likeness (QED) is 0.279. The molecular weight excluding hydrogens is 416 g/mol. The maximum atomic E-state index is 5.95. The van der Waals surface area contributed by atoms with Gasteiger partial charge in [0.15, 0.2) is 0 Å². The molecule has 0 saturated heterocycles. The van der Waals surface area contributed by atoms with Gasteiger partial charge in [-0.15, -0.1) is 0 Å². The number of fused-ring (bicyclic) bond motifs is 5. The summed E-state index contributed by atoms with van der Waals surface area (Å²) in [5.74, 6) is 0. The topological polar surface area (TPSA) is 31.0 Å². The molecule has 0 saturated carbocycles. The molecule has 3 aromatic heterocycles. The number of para-hydroxylation sites is 1. The van der Waals surface area contributed by atoms with Gasteiger partial charge in [-0.05, 0) is 65.7 Å². The average Bonchev–Trinajstić information content (AvgIpc) is 3.52. The summed E-state index contributed by atoms with van der Waals surface area (Å²) in [4.78, 5) is 4.64. The van der Waals surface area contributed by atoms with Crippen LogP contribution in [0.2, 0.25) is 0 Å². The van der Waals surface area contributed by atoms with Crippen LogP contribution in [0.3, 0.4) is 0 Å². The van der Waals surface area contributed by atoms with Gasteiger partial charge in [0.25, 0.3) is 0 Å². The molecule has 4 aromatic carbocycles. The second-order valence-corrected chi connectivity index (χ2v) is 8.50. The highest BCUT2D eigenvalue weighted by Crippen LogP contribution is 2.38. The van der Waals surface area contributed by atoms with Gasteiger partial charge in [-0.1, -0.05) is 54.6 Å². The first kappa shape index (κ1) is 18.9. The number of nitrogens with zero attached hydrogens (tertiary/aromatic N) is 2. The van der Waals surface area contributed by atoms with E-state index in [9.17, 15) is 0 Å². The lowest BCUT2D eigenvalue weighted by atomic mass is 10.00. The minimum Gasteiger partial charge on any atom is -0.464 e. The van der Waals surface area contributed by atoms with Gasteiger partial charge in [0, 0.05) is 28.2 Å². The van der Waals surface area contributed by atoms with E-state index >= 15 is 0 Å². The van der Waals surface area contributed by atoms with Gasteiger partial charge in [-0.2, -0.15) is 0 Å². The van der Waals surface area contributed by atoms with E-state index in [4.69, 9.17) is 4.42 Å². The lowest BCUT2D eigenvalue weighted by Crippen LogP contribution is -1.96. The van der Waals surface area contributed by atoms with Crippen LogP contribution >= 0.6 is 0 Å². The first-order chi connectivity index (χ1) is 16.9. The third kappa shape index (κ3) is 2.87. The van der Waals surface area contributed by atoms with Crippen molar-refractivity contribution in [2.24, 2.45) is 0 Å². The molecule has 34 heavy (non-hydrogen) atoms. The van der Waals surface area contributed by atoms with Crippen molar-refractivity contribution >= 4 is 32.8 Å². The number of hydrogen-bond donors (Lipinski definition) is 0. The summed E-state index contributed by atoms with van der Waals surface area (Å²) in [7, 11) is 0. The second kappa shape index (κ2) is 7.46. The minimum absolute atomic E-state index is 0.927. The first-order valence-electron chi connectivity index (χ1n) is 11.4. The highest BCUT2D eigenvalue weighted by molar-refractivity contribution is 6.19. The monoisotopic (exact) mass is 436 g/mol. The molecule has 0 aliphatic rings. The van der Waals surface area contributed by atoms with Gasteiger partial charge < -0.3 is 8.98 Å². The van der Waals surface area contributed by atoms with E-state index in [2.05, 4.69) is 101 Å². The molecule has 7 aromatic rings. The third-order valence-corrected chi connectivity index (χ3v) is 6.50.